The average molecular weight is 237 g/mol. The van der Waals surface area contributed by atoms with Crippen LogP contribution in [-0.4, -0.2) is 9.55 Å². The van der Waals surface area contributed by atoms with Crippen LogP contribution in [0.5, 0.6) is 0 Å². The second-order valence-electron chi connectivity index (χ2n) is 3.86. The lowest BCUT2D eigenvalue weighted by Crippen LogP contribution is -2.10. The van der Waals surface area contributed by atoms with Crippen LogP contribution in [0.2, 0.25) is 0 Å². The number of nitrogens with zero attached hydrogens (tertiary/aromatic N) is 2. The van der Waals surface area contributed by atoms with E-state index in [1.54, 1.807) is 6.20 Å². The molecule has 3 nitrogen and oxygen atoms in total. The van der Waals surface area contributed by atoms with E-state index in [-0.39, 0.29) is 0 Å². The van der Waals surface area contributed by atoms with Crippen molar-refractivity contribution in [3.63, 3.8) is 0 Å². The predicted molar refractivity (Wildman–Crippen MR) is 60.3 cm³/mol. The van der Waals surface area contributed by atoms with Crippen LogP contribution in [0.15, 0.2) is 24.4 Å². The molecule has 0 aliphatic heterocycles. The van der Waals surface area contributed by atoms with Gasteiger partial charge in [0.05, 0.1) is 5.69 Å². The van der Waals surface area contributed by atoms with Crippen LogP contribution < -0.4 is 5.73 Å². The minimum atomic E-state index is -0.577. The third-order valence-electron chi connectivity index (χ3n) is 2.61. The summed E-state index contributed by atoms with van der Waals surface area (Å²) in [5, 5.41) is 0. The zero-order valence-electron chi connectivity index (χ0n) is 9.45. The molecule has 5 heteroatoms. The first-order valence-electron chi connectivity index (χ1n) is 5.26. The number of aryl methyl sites for hydroxylation is 1. The Hall–Kier alpha value is -1.75. The Balaban J connectivity index is 2.33. The van der Waals surface area contributed by atoms with Gasteiger partial charge in [-0.25, -0.2) is 13.8 Å². The number of aromatic nitrogens is 2. The van der Waals surface area contributed by atoms with Crippen molar-refractivity contribution in [2.75, 3.05) is 0 Å². The maximum atomic E-state index is 13.1. The number of halogens is 2. The highest BCUT2D eigenvalue weighted by Crippen LogP contribution is 2.12. The summed E-state index contributed by atoms with van der Waals surface area (Å²) in [4.78, 5) is 4.12. The highest BCUT2D eigenvalue weighted by atomic mass is 19.1. The molecule has 90 valence electrons. The van der Waals surface area contributed by atoms with Crippen LogP contribution >= 0.6 is 0 Å². The number of rotatable bonds is 3. The van der Waals surface area contributed by atoms with Crippen molar-refractivity contribution in [2.45, 2.75) is 20.0 Å². The molecular weight excluding hydrogens is 224 g/mol. The van der Waals surface area contributed by atoms with Crippen LogP contribution in [0.1, 0.15) is 17.1 Å². The summed E-state index contributed by atoms with van der Waals surface area (Å²) in [5.41, 5.74) is 6.96. The van der Waals surface area contributed by atoms with E-state index in [0.29, 0.717) is 18.7 Å². The molecule has 2 rings (SSSR count). The van der Waals surface area contributed by atoms with E-state index in [0.717, 1.165) is 17.6 Å². The van der Waals surface area contributed by atoms with Gasteiger partial charge in [0.25, 0.3) is 0 Å². The first-order chi connectivity index (χ1) is 8.10. The lowest BCUT2D eigenvalue weighted by atomic mass is 10.2. The van der Waals surface area contributed by atoms with E-state index >= 15 is 0 Å². The number of hydrogen-bond acceptors (Lipinski definition) is 2. The Morgan fingerprint density at radius 3 is 2.47 bits per heavy atom. The fraction of sp³-hybridized carbons (Fsp3) is 0.250. The van der Waals surface area contributed by atoms with Crippen molar-refractivity contribution in [1.29, 1.82) is 0 Å². The van der Waals surface area contributed by atoms with E-state index in [1.165, 1.54) is 12.1 Å². The van der Waals surface area contributed by atoms with Gasteiger partial charge in [-0.05, 0) is 24.6 Å². The normalized spacial score (nSPS) is 10.8. The summed E-state index contributed by atoms with van der Waals surface area (Å²) >= 11 is 0. The van der Waals surface area contributed by atoms with Gasteiger partial charge in [0.1, 0.15) is 17.5 Å². The molecule has 1 aromatic heterocycles. The molecule has 0 amide bonds. The second-order valence-corrected chi connectivity index (χ2v) is 3.86. The van der Waals surface area contributed by atoms with Gasteiger partial charge in [-0.2, -0.15) is 0 Å². The zero-order chi connectivity index (χ0) is 12.4. The molecule has 0 fully saturated rings. The third kappa shape index (κ3) is 2.50. The molecule has 0 saturated heterocycles. The Morgan fingerprint density at radius 2 is 1.88 bits per heavy atom. The molecule has 0 unspecified atom stereocenters. The van der Waals surface area contributed by atoms with Crippen molar-refractivity contribution in [2.24, 2.45) is 5.73 Å². The first kappa shape index (κ1) is 11.7. The van der Waals surface area contributed by atoms with Crippen LogP contribution in [0.4, 0.5) is 8.78 Å². The number of benzene rings is 1. The topological polar surface area (TPSA) is 43.8 Å². The summed E-state index contributed by atoms with van der Waals surface area (Å²) in [7, 11) is 0. The maximum absolute atomic E-state index is 13.1. The summed E-state index contributed by atoms with van der Waals surface area (Å²) in [6.07, 6.45) is 1.67. The van der Waals surface area contributed by atoms with E-state index in [1.807, 2.05) is 11.5 Å². The fourth-order valence-electron chi connectivity index (χ4n) is 1.78. The molecule has 2 aromatic rings. The Bertz CT molecular complexity index is 514. The van der Waals surface area contributed by atoms with Crippen LogP contribution in [0.25, 0.3) is 0 Å². The fourth-order valence-corrected chi connectivity index (χ4v) is 1.78. The molecule has 0 bridgehead atoms. The molecule has 0 radical (unpaired) electrons. The lowest BCUT2D eigenvalue weighted by molar-refractivity contribution is 0.576. The van der Waals surface area contributed by atoms with E-state index < -0.39 is 11.6 Å². The molecule has 1 aromatic carbocycles. The van der Waals surface area contributed by atoms with E-state index in [2.05, 4.69) is 4.98 Å². The van der Waals surface area contributed by atoms with Gasteiger partial charge in [-0.1, -0.05) is 0 Å². The van der Waals surface area contributed by atoms with Crippen LogP contribution in [-0.2, 0) is 13.1 Å². The number of hydrogen-bond donors (Lipinski definition) is 1. The summed E-state index contributed by atoms with van der Waals surface area (Å²) in [6, 6.07) is 3.47. The Labute approximate surface area is 97.9 Å². The van der Waals surface area contributed by atoms with Crippen molar-refractivity contribution in [1.82, 2.24) is 9.55 Å². The minimum absolute atomic E-state index is 0.346. The average Bonchev–Trinajstić information content (AvgIpc) is 2.59. The monoisotopic (exact) mass is 237 g/mol. The molecule has 0 saturated carbocycles. The van der Waals surface area contributed by atoms with Crippen molar-refractivity contribution >= 4 is 0 Å². The molecule has 17 heavy (non-hydrogen) atoms. The Morgan fingerprint density at radius 1 is 1.24 bits per heavy atom. The molecular formula is C12H13F2N3. The second kappa shape index (κ2) is 4.63. The predicted octanol–water partition coefficient (Wildman–Crippen LogP) is 1.98. The van der Waals surface area contributed by atoms with Gasteiger partial charge in [-0.15, -0.1) is 0 Å². The van der Waals surface area contributed by atoms with Gasteiger partial charge >= 0.3 is 0 Å². The molecule has 1 heterocycles. The van der Waals surface area contributed by atoms with Crippen molar-refractivity contribution in [3.05, 3.63) is 53.1 Å². The number of nitrogens with two attached hydrogens (primary N) is 1. The first-order valence-corrected chi connectivity index (χ1v) is 5.26. The van der Waals surface area contributed by atoms with E-state index in [9.17, 15) is 8.78 Å². The van der Waals surface area contributed by atoms with E-state index in [4.69, 9.17) is 5.73 Å². The van der Waals surface area contributed by atoms with Gasteiger partial charge in [0, 0.05) is 25.4 Å². The lowest BCUT2D eigenvalue weighted by Gasteiger charge is -2.09. The van der Waals surface area contributed by atoms with Crippen LogP contribution in [0, 0.1) is 18.6 Å². The Kier molecular flexibility index (Phi) is 3.19. The summed E-state index contributed by atoms with van der Waals surface area (Å²) in [5.74, 6) is -0.380. The van der Waals surface area contributed by atoms with Gasteiger partial charge < -0.3 is 10.3 Å². The van der Waals surface area contributed by atoms with Gasteiger partial charge in [-0.3, -0.25) is 0 Å². The highest BCUT2D eigenvalue weighted by Gasteiger charge is 2.07. The van der Waals surface area contributed by atoms with Crippen LogP contribution in [0.3, 0.4) is 0 Å². The number of imidazole rings is 1. The minimum Gasteiger partial charge on any atom is -0.327 e. The molecule has 0 spiro atoms. The smallest absolute Gasteiger partial charge is 0.126 e. The summed E-state index contributed by atoms with van der Waals surface area (Å²) < 4.78 is 27.9. The molecule has 0 atom stereocenters. The quantitative estimate of drug-likeness (QED) is 0.887. The standard InChI is InChI=1S/C12H13F2N3/c1-8-16-6-12(5-15)17(8)7-9-2-10(13)4-11(14)3-9/h2-4,6H,5,7,15H2,1H3. The SMILES string of the molecule is Cc1ncc(CN)n1Cc1cc(F)cc(F)c1. The largest absolute Gasteiger partial charge is 0.327 e. The third-order valence-corrected chi connectivity index (χ3v) is 2.61. The van der Waals surface area contributed by atoms with Gasteiger partial charge in [0.15, 0.2) is 0 Å². The maximum Gasteiger partial charge on any atom is 0.126 e. The molecule has 0 aliphatic rings. The van der Waals surface area contributed by atoms with Crippen molar-refractivity contribution < 1.29 is 8.78 Å². The molecule has 2 N–H and O–H groups in total. The van der Waals surface area contributed by atoms with Crippen molar-refractivity contribution in [3.8, 4) is 0 Å². The molecule has 0 aliphatic carbocycles. The van der Waals surface area contributed by atoms with Gasteiger partial charge in [0.2, 0.25) is 0 Å². The highest BCUT2D eigenvalue weighted by molar-refractivity contribution is 5.20. The zero-order valence-corrected chi connectivity index (χ0v) is 9.45. The summed E-state index contributed by atoms with van der Waals surface area (Å²) in [6.45, 7) is 2.54.